The molecule has 148 valence electrons. The van der Waals surface area contributed by atoms with Crippen LogP contribution >= 0.6 is 0 Å². The van der Waals surface area contributed by atoms with Crippen LogP contribution in [0.2, 0.25) is 0 Å². The molecule has 0 spiro atoms. The summed E-state index contributed by atoms with van der Waals surface area (Å²) in [5.41, 5.74) is 5.49. The molecule has 1 aliphatic rings. The van der Waals surface area contributed by atoms with Crippen molar-refractivity contribution in [1.82, 2.24) is 9.97 Å². The van der Waals surface area contributed by atoms with E-state index in [0.29, 0.717) is 5.69 Å². The minimum Gasteiger partial charge on any atom is -0.355 e. The van der Waals surface area contributed by atoms with E-state index in [1.165, 1.54) is 12.8 Å². The number of benzene rings is 2. The van der Waals surface area contributed by atoms with Crippen molar-refractivity contribution in [2.75, 3.05) is 28.6 Å². The van der Waals surface area contributed by atoms with E-state index in [1.807, 2.05) is 50.2 Å². The highest BCUT2D eigenvalue weighted by atomic mass is 16.2. The first-order chi connectivity index (χ1) is 14.1. The second-order valence-electron chi connectivity index (χ2n) is 7.46. The number of hydrogen-bond donors (Lipinski definition) is 2. The largest absolute Gasteiger partial charge is 0.355 e. The Morgan fingerprint density at radius 1 is 0.897 bits per heavy atom. The molecule has 29 heavy (non-hydrogen) atoms. The third-order valence-corrected chi connectivity index (χ3v) is 4.96. The van der Waals surface area contributed by atoms with E-state index >= 15 is 0 Å². The lowest BCUT2D eigenvalue weighted by molar-refractivity contribution is 0.262. The molecule has 2 N–H and O–H groups in total. The van der Waals surface area contributed by atoms with E-state index < -0.39 is 0 Å². The molecule has 6 heteroatoms. The maximum atomic E-state index is 12.5. The Balaban J connectivity index is 1.53. The fourth-order valence-corrected chi connectivity index (χ4v) is 3.78. The molecule has 1 fully saturated rings. The van der Waals surface area contributed by atoms with E-state index in [9.17, 15) is 4.79 Å². The Hall–Kier alpha value is -3.41. The fourth-order valence-electron chi connectivity index (χ4n) is 3.78. The molecule has 0 atom stereocenters. The van der Waals surface area contributed by atoms with Crippen molar-refractivity contribution in [2.24, 2.45) is 0 Å². The minimum atomic E-state index is -0.272. The highest BCUT2D eigenvalue weighted by Crippen LogP contribution is 2.30. The standard InChI is InChI=1S/C23H25N5O/c1-16-12-17(2)14-20(13-16)27-23(29)26-19-7-5-6-18(15-19)21-22(25-9-8-24-21)28-10-3-4-11-28/h5-9,12-15H,3-4,10-11H2,1-2H3,(H2,26,27,29). The zero-order chi connectivity index (χ0) is 20.2. The van der Waals surface area contributed by atoms with Gasteiger partial charge in [0.25, 0.3) is 0 Å². The van der Waals surface area contributed by atoms with Gasteiger partial charge in [-0.3, -0.25) is 4.98 Å². The van der Waals surface area contributed by atoms with Crippen LogP contribution in [0.15, 0.2) is 54.9 Å². The lowest BCUT2D eigenvalue weighted by atomic mass is 10.1. The number of aromatic nitrogens is 2. The van der Waals surface area contributed by atoms with Gasteiger partial charge in [0.05, 0.1) is 0 Å². The molecule has 2 aromatic carbocycles. The number of nitrogens with one attached hydrogen (secondary N) is 2. The number of aryl methyl sites for hydroxylation is 2. The Labute approximate surface area is 171 Å². The van der Waals surface area contributed by atoms with Gasteiger partial charge in [0.15, 0.2) is 5.82 Å². The fraction of sp³-hybridized carbons (Fsp3) is 0.261. The lowest BCUT2D eigenvalue weighted by Gasteiger charge is -2.19. The van der Waals surface area contributed by atoms with Crippen molar-refractivity contribution < 1.29 is 4.79 Å². The number of urea groups is 1. The van der Waals surface area contributed by atoms with Gasteiger partial charge in [0.2, 0.25) is 0 Å². The molecular weight excluding hydrogens is 362 g/mol. The topological polar surface area (TPSA) is 70.1 Å². The lowest BCUT2D eigenvalue weighted by Crippen LogP contribution is -2.20. The quantitative estimate of drug-likeness (QED) is 0.661. The SMILES string of the molecule is Cc1cc(C)cc(NC(=O)Nc2cccc(-c3nccnc3N3CCCC3)c2)c1. The van der Waals surface area contributed by atoms with Crippen LogP contribution in [0.25, 0.3) is 11.3 Å². The monoisotopic (exact) mass is 387 g/mol. The summed E-state index contributed by atoms with van der Waals surface area (Å²) in [5.74, 6) is 0.904. The Bertz CT molecular complexity index is 1010. The predicted octanol–water partition coefficient (Wildman–Crippen LogP) is 5.00. The molecule has 2 heterocycles. The Kier molecular flexibility index (Phi) is 5.42. The van der Waals surface area contributed by atoms with Crippen molar-refractivity contribution in [2.45, 2.75) is 26.7 Å². The molecule has 2 amide bonds. The van der Waals surface area contributed by atoms with Gasteiger partial charge in [-0.1, -0.05) is 18.2 Å². The molecule has 0 radical (unpaired) electrons. The van der Waals surface area contributed by atoms with Gasteiger partial charge in [-0.05, 0) is 62.1 Å². The summed E-state index contributed by atoms with van der Waals surface area (Å²) in [5, 5.41) is 5.82. The smallest absolute Gasteiger partial charge is 0.323 e. The summed E-state index contributed by atoms with van der Waals surface area (Å²) in [4.78, 5) is 23.9. The van der Waals surface area contributed by atoms with Gasteiger partial charge in [-0.2, -0.15) is 0 Å². The Morgan fingerprint density at radius 3 is 2.34 bits per heavy atom. The summed E-state index contributed by atoms with van der Waals surface area (Å²) < 4.78 is 0. The third kappa shape index (κ3) is 4.54. The van der Waals surface area contributed by atoms with Crippen LogP contribution in [0.5, 0.6) is 0 Å². The van der Waals surface area contributed by atoms with Crippen molar-refractivity contribution in [1.29, 1.82) is 0 Å². The summed E-state index contributed by atoms with van der Waals surface area (Å²) in [6, 6.07) is 13.4. The van der Waals surface area contributed by atoms with Gasteiger partial charge >= 0.3 is 6.03 Å². The second-order valence-corrected chi connectivity index (χ2v) is 7.46. The molecular formula is C23H25N5O. The number of hydrogen-bond acceptors (Lipinski definition) is 4. The number of carbonyl (C=O) groups excluding carboxylic acids is 1. The molecule has 0 aliphatic carbocycles. The highest BCUT2D eigenvalue weighted by molar-refractivity contribution is 6.00. The molecule has 0 unspecified atom stereocenters. The zero-order valence-corrected chi connectivity index (χ0v) is 16.8. The maximum Gasteiger partial charge on any atom is 0.323 e. The van der Waals surface area contributed by atoms with Crippen LogP contribution in [0.1, 0.15) is 24.0 Å². The van der Waals surface area contributed by atoms with Crippen LogP contribution in [0.3, 0.4) is 0 Å². The summed E-state index contributed by atoms with van der Waals surface area (Å²) in [7, 11) is 0. The maximum absolute atomic E-state index is 12.5. The summed E-state index contributed by atoms with van der Waals surface area (Å²) >= 11 is 0. The molecule has 4 rings (SSSR count). The zero-order valence-electron chi connectivity index (χ0n) is 16.8. The van der Waals surface area contributed by atoms with E-state index in [2.05, 4.69) is 31.6 Å². The third-order valence-electron chi connectivity index (χ3n) is 4.96. The number of nitrogens with zero attached hydrogens (tertiary/aromatic N) is 3. The number of anilines is 3. The predicted molar refractivity (Wildman–Crippen MR) is 117 cm³/mol. The van der Waals surface area contributed by atoms with Crippen LogP contribution in [0, 0.1) is 13.8 Å². The first-order valence-corrected chi connectivity index (χ1v) is 9.91. The van der Waals surface area contributed by atoms with Gasteiger partial charge in [0, 0.05) is 42.4 Å². The Morgan fingerprint density at radius 2 is 1.59 bits per heavy atom. The first kappa shape index (κ1) is 18.9. The average Bonchev–Trinajstić information content (AvgIpc) is 3.22. The molecule has 0 saturated carbocycles. The van der Waals surface area contributed by atoms with Crippen LogP contribution in [0.4, 0.5) is 22.0 Å². The van der Waals surface area contributed by atoms with Gasteiger partial charge in [-0.15, -0.1) is 0 Å². The van der Waals surface area contributed by atoms with Crippen molar-refractivity contribution in [3.8, 4) is 11.3 Å². The second kappa shape index (κ2) is 8.31. The van der Waals surface area contributed by atoms with Crippen molar-refractivity contribution >= 4 is 23.2 Å². The first-order valence-electron chi connectivity index (χ1n) is 9.91. The van der Waals surface area contributed by atoms with Gasteiger partial charge < -0.3 is 15.5 Å². The molecule has 6 nitrogen and oxygen atoms in total. The molecule has 1 aromatic heterocycles. The van der Waals surface area contributed by atoms with E-state index in [1.54, 1.807) is 12.4 Å². The minimum absolute atomic E-state index is 0.272. The van der Waals surface area contributed by atoms with E-state index in [-0.39, 0.29) is 6.03 Å². The van der Waals surface area contributed by atoms with Crippen molar-refractivity contribution in [3.63, 3.8) is 0 Å². The number of amides is 2. The summed E-state index contributed by atoms with van der Waals surface area (Å²) in [6.45, 7) is 6.03. The van der Waals surface area contributed by atoms with Crippen LogP contribution in [-0.2, 0) is 0 Å². The normalized spacial score (nSPS) is 13.4. The van der Waals surface area contributed by atoms with E-state index in [4.69, 9.17) is 0 Å². The molecule has 3 aromatic rings. The van der Waals surface area contributed by atoms with Gasteiger partial charge in [-0.25, -0.2) is 9.78 Å². The average molecular weight is 387 g/mol. The van der Waals surface area contributed by atoms with Crippen LogP contribution in [-0.4, -0.2) is 29.1 Å². The summed E-state index contributed by atoms with van der Waals surface area (Å²) in [6.07, 6.45) is 5.80. The van der Waals surface area contributed by atoms with Gasteiger partial charge in [0.1, 0.15) is 5.69 Å². The number of carbonyl (C=O) groups is 1. The molecule has 1 saturated heterocycles. The highest BCUT2D eigenvalue weighted by Gasteiger charge is 2.19. The van der Waals surface area contributed by atoms with E-state index in [0.717, 1.165) is 47.0 Å². The number of rotatable bonds is 4. The molecule has 0 bridgehead atoms. The molecule has 1 aliphatic heterocycles. The van der Waals surface area contributed by atoms with Crippen molar-refractivity contribution in [3.05, 3.63) is 66.0 Å². The van der Waals surface area contributed by atoms with Crippen LogP contribution < -0.4 is 15.5 Å².